The summed E-state index contributed by atoms with van der Waals surface area (Å²) < 4.78 is 0. The van der Waals surface area contributed by atoms with Gasteiger partial charge in [0.2, 0.25) is 0 Å². The van der Waals surface area contributed by atoms with Crippen LogP contribution in [-0.2, 0) is 19.5 Å². The molecule has 8 nitrogen and oxygen atoms in total. The lowest BCUT2D eigenvalue weighted by molar-refractivity contribution is -0.384. The predicted molar refractivity (Wildman–Crippen MR) is 162 cm³/mol. The minimum Gasteiger partial charge on any atom is -0.368 e. The summed E-state index contributed by atoms with van der Waals surface area (Å²) in [4.78, 5) is 33.6. The molecule has 2 aliphatic rings. The molecule has 0 radical (unpaired) electrons. The van der Waals surface area contributed by atoms with E-state index in [4.69, 9.17) is 0 Å². The molecule has 0 unspecified atom stereocenters. The van der Waals surface area contributed by atoms with Crippen LogP contribution in [0, 0.1) is 17.0 Å². The van der Waals surface area contributed by atoms with Gasteiger partial charge in [-0.3, -0.25) is 14.9 Å². The number of hydrogen-bond acceptors (Lipinski definition) is 6. The summed E-state index contributed by atoms with van der Waals surface area (Å²) in [6, 6.07) is 20.0. The number of carbonyl (C=O) groups excluding carboxylic acids is 1. The third-order valence-corrected chi connectivity index (χ3v) is 7.51. The lowest BCUT2D eigenvalue weighted by Gasteiger charge is -2.38. The number of piperazine rings is 1. The summed E-state index contributed by atoms with van der Waals surface area (Å²) in [5, 5.41) is 12.1. The molecule has 0 saturated carbocycles. The number of rotatable bonds is 7. The number of hydrogen-bond donors (Lipinski definition) is 0. The molecule has 8 heteroatoms. The Morgan fingerprint density at radius 3 is 2.15 bits per heavy atom. The topological polar surface area (TPSA) is 73.2 Å². The second-order valence-electron chi connectivity index (χ2n) is 10.6. The maximum atomic E-state index is 13.5. The third kappa shape index (κ3) is 6.45. The van der Waals surface area contributed by atoms with Gasteiger partial charge in [-0.2, -0.15) is 0 Å². The highest BCUT2D eigenvalue weighted by Gasteiger charge is 2.31. The lowest BCUT2D eigenvalue weighted by Crippen LogP contribution is -2.47. The molecule has 40 heavy (non-hydrogen) atoms. The molecular formula is C32H41N5O3. The Morgan fingerprint density at radius 2 is 1.50 bits per heavy atom. The first-order valence-corrected chi connectivity index (χ1v) is 14.2. The van der Waals surface area contributed by atoms with E-state index < -0.39 is 0 Å². The molecule has 2 heterocycles. The van der Waals surface area contributed by atoms with Crippen molar-refractivity contribution in [1.29, 1.82) is 0 Å². The number of benzene rings is 3. The fraction of sp³-hybridized carbons (Fsp3) is 0.406. The maximum absolute atomic E-state index is 13.5. The lowest BCUT2D eigenvalue weighted by atomic mass is 9.96. The number of para-hydroxylation sites is 1. The third-order valence-electron chi connectivity index (χ3n) is 7.51. The van der Waals surface area contributed by atoms with Gasteiger partial charge in [0.25, 0.3) is 11.6 Å². The molecule has 1 amide bonds. The Kier molecular flexibility index (Phi) is 9.42. The number of nitrogens with zero attached hydrogens (tertiary/aromatic N) is 5. The van der Waals surface area contributed by atoms with Gasteiger partial charge in [-0.1, -0.05) is 56.3 Å². The highest BCUT2D eigenvalue weighted by atomic mass is 16.6. The number of nitro benzene ring substituents is 1. The van der Waals surface area contributed by atoms with E-state index in [1.165, 1.54) is 22.9 Å². The van der Waals surface area contributed by atoms with E-state index in [9.17, 15) is 14.9 Å². The smallest absolute Gasteiger partial charge is 0.293 e. The summed E-state index contributed by atoms with van der Waals surface area (Å²) in [6.07, 6.45) is 0.687. The summed E-state index contributed by atoms with van der Waals surface area (Å²) in [5.41, 5.74) is 6.69. The number of anilines is 2. The van der Waals surface area contributed by atoms with Crippen LogP contribution in [-0.4, -0.2) is 67.4 Å². The zero-order valence-electron chi connectivity index (χ0n) is 24.4. The van der Waals surface area contributed by atoms with Gasteiger partial charge in [-0.25, -0.2) is 0 Å². The molecule has 0 N–H and O–H groups in total. The molecule has 0 spiro atoms. The summed E-state index contributed by atoms with van der Waals surface area (Å²) in [5.74, 6) is -0.136. The molecule has 1 fully saturated rings. The molecule has 0 aromatic heterocycles. The van der Waals surface area contributed by atoms with Gasteiger partial charge >= 0.3 is 0 Å². The van der Waals surface area contributed by atoms with Crippen molar-refractivity contribution >= 4 is 23.0 Å². The van der Waals surface area contributed by atoms with E-state index in [2.05, 4.69) is 45.9 Å². The zero-order valence-corrected chi connectivity index (χ0v) is 24.4. The standard InChI is InChI=1S/C30H35N5O3.C2H6/c1-22-7-4-5-10-27(22)32-13-15-33(16-14-32)28-18-25-11-12-34(30(36)26(25)19-29(28)35(37)38)21-24-9-6-8-23(17-24)20-31(2)3;1-2/h4-10,17-19H,11-16,20-21H2,1-3H3;1-2H3. The van der Waals surface area contributed by atoms with Gasteiger partial charge in [0.15, 0.2) is 0 Å². The van der Waals surface area contributed by atoms with Crippen molar-refractivity contribution in [3.8, 4) is 0 Å². The largest absolute Gasteiger partial charge is 0.368 e. The first kappa shape index (κ1) is 29.1. The van der Waals surface area contributed by atoms with Gasteiger partial charge in [0.1, 0.15) is 5.69 Å². The van der Waals surface area contributed by atoms with Crippen molar-refractivity contribution in [2.24, 2.45) is 0 Å². The predicted octanol–water partition coefficient (Wildman–Crippen LogP) is 5.52. The quantitative estimate of drug-likeness (QED) is 0.289. The van der Waals surface area contributed by atoms with Crippen LogP contribution in [0.1, 0.15) is 46.5 Å². The Balaban J connectivity index is 0.00000181. The minimum atomic E-state index is -0.347. The van der Waals surface area contributed by atoms with E-state index >= 15 is 0 Å². The van der Waals surface area contributed by atoms with Crippen molar-refractivity contribution < 1.29 is 9.72 Å². The molecule has 3 aromatic carbocycles. The highest BCUT2D eigenvalue weighted by molar-refractivity contribution is 5.98. The van der Waals surface area contributed by atoms with E-state index in [-0.39, 0.29) is 16.5 Å². The molecule has 0 atom stereocenters. The number of amides is 1. The van der Waals surface area contributed by atoms with Gasteiger partial charge in [0.05, 0.1) is 4.92 Å². The van der Waals surface area contributed by atoms with Crippen molar-refractivity contribution in [3.63, 3.8) is 0 Å². The molecular weight excluding hydrogens is 502 g/mol. The Hall–Kier alpha value is -3.91. The Bertz CT molecular complexity index is 1350. The second kappa shape index (κ2) is 13.0. The van der Waals surface area contributed by atoms with Crippen molar-refractivity contribution in [1.82, 2.24) is 9.80 Å². The SMILES string of the molecule is CC.Cc1ccccc1N1CCN(c2cc3c(cc2[N+](=O)[O-])C(=O)N(Cc2cccc(CN(C)C)c2)CC3)CC1. The van der Waals surface area contributed by atoms with Gasteiger partial charge < -0.3 is 19.6 Å². The number of carbonyl (C=O) groups is 1. The fourth-order valence-corrected chi connectivity index (χ4v) is 5.62. The number of aryl methyl sites for hydroxylation is 1. The minimum absolute atomic E-state index is 0.0104. The van der Waals surface area contributed by atoms with E-state index in [1.807, 2.05) is 63.2 Å². The Morgan fingerprint density at radius 1 is 0.850 bits per heavy atom. The van der Waals surface area contributed by atoms with Crippen LogP contribution in [0.25, 0.3) is 0 Å². The summed E-state index contributed by atoms with van der Waals surface area (Å²) in [6.45, 7) is 11.0. The first-order chi connectivity index (χ1) is 19.3. The van der Waals surface area contributed by atoms with Crippen LogP contribution < -0.4 is 9.80 Å². The number of fused-ring (bicyclic) bond motifs is 1. The van der Waals surface area contributed by atoms with Crippen LogP contribution in [0.3, 0.4) is 0 Å². The average Bonchev–Trinajstić information content (AvgIpc) is 2.95. The van der Waals surface area contributed by atoms with E-state index in [0.717, 1.165) is 30.8 Å². The average molecular weight is 544 g/mol. The molecule has 0 aliphatic carbocycles. The highest BCUT2D eigenvalue weighted by Crippen LogP contribution is 2.35. The fourth-order valence-electron chi connectivity index (χ4n) is 5.62. The summed E-state index contributed by atoms with van der Waals surface area (Å²) in [7, 11) is 4.06. The van der Waals surface area contributed by atoms with Gasteiger partial charge in [-0.05, 0) is 61.8 Å². The van der Waals surface area contributed by atoms with Crippen LogP contribution in [0.4, 0.5) is 17.1 Å². The molecule has 212 valence electrons. The number of nitro groups is 1. The molecule has 0 bridgehead atoms. The molecule has 3 aromatic rings. The molecule has 1 saturated heterocycles. The molecule has 2 aliphatic heterocycles. The van der Waals surface area contributed by atoms with Crippen molar-refractivity contribution in [3.05, 3.63) is 98.6 Å². The van der Waals surface area contributed by atoms with Crippen LogP contribution in [0.5, 0.6) is 0 Å². The Labute approximate surface area is 238 Å². The van der Waals surface area contributed by atoms with Crippen LogP contribution in [0.15, 0.2) is 60.7 Å². The maximum Gasteiger partial charge on any atom is 0.293 e. The van der Waals surface area contributed by atoms with Crippen LogP contribution in [0.2, 0.25) is 0 Å². The van der Waals surface area contributed by atoms with Gasteiger partial charge in [-0.15, -0.1) is 0 Å². The monoisotopic (exact) mass is 543 g/mol. The van der Waals surface area contributed by atoms with Crippen LogP contribution >= 0.6 is 0 Å². The molecule has 5 rings (SSSR count). The summed E-state index contributed by atoms with van der Waals surface area (Å²) >= 11 is 0. The second-order valence-corrected chi connectivity index (χ2v) is 10.6. The normalized spacial score (nSPS) is 15.1. The zero-order chi connectivity index (χ0) is 28.8. The first-order valence-electron chi connectivity index (χ1n) is 14.2. The van der Waals surface area contributed by atoms with Crippen molar-refractivity contribution in [2.75, 3.05) is 56.6 Å². The van der Waals surface area contributed by atoms with Gasteiger partial charge in [0, 0.05) is 63.1 Å². The van der Waals surface area contributed by atoms with E-state index in [0.29, 0.717) is 43.9 Å². The van der Waals surface area contributed by atoms with Crippen molar-refractivity contribution in [2.45, 2.75) is 40.3 Å². The van der Waals surface area contributed by atoms with E-state index in [1.54, 1.807) is 0 Å².